The van der Waals surface area contributed by atoms with Crippen molar-refractivity contribution in [1.82, 2.24) is 14.9 Å². The lowest BCUT2D eigenvalue weighted by Crippen LogP contribution is -2.36. The van der Waals surface area contributed by atoms with Gasteiger partial charge in [-0.15, -0.1) is 0 Å². The molecule has 8 nitrogen and oxygen atoms in total. The van der Waals surface area contributed by atoms with E-state index in [-0.39, 0.29) is 11.9 Å². The van der Waals surface area contributed by atoms with Crippen LogP contribution in [0, 0.1) is 11.7 Å². The lowest BCUT2D eigenvalue weighted by atomic mass is 10.0. The molecule has 1 amide bonds. The van der Waals surface area contributed by atoms with Crippen LogP contribution < -0.4 is 15.8 Å². The number of hydrogen-bond acceptors (Lipinski definition) is 7. The van der Waals surface area contributed by atoms with E-state index in [1.807, 2.05) is 6.08 Å². The summed E-state index contributed by atoms with van der Waals surface area (Å²) >= 11 is 0. The number of morpholine rings is 1. The first kappa shape index (κ1) is 23.2. The van der Waals surface area contributed by atoms with E-state index in [0.717, 1.165) is 25.9 Å². The van der Waals surface area contributed by atoms with Crippen molar-refractivity contribution in [1.29, 1.82) is 0 Å². The fourth-order valence-electron chi connectivity index (χ4n) is 4.01. The molecular weight excluding hydrogens is 449 g/mol. The molecule has 3 aromatic rings. The summed E-state index contributed by atoms with van der Waals surface area (Å²) in [6.45, 7) is 4.33. The van der Waals surface area contributed by atoms with Crippen molar-refractivity contribution in [3.63, 3.8) is 0 Å². The Morgan fingerprint density at radius 3 is 2.80 bits per heavy atom. The van der Waals surface area contributed by atoms with Gasteiger partial charge in [0.25, 0.3) is 0 Å². The maximum Gasteiger partial charge on any atom is 0.248 e. The highest BCUT2D eigenvalue weighted by molar-refractivity contribution is 6.04. The summed E-state index contributed by atoms with van der Waals surface area (Å²) in [5.74, 6) is 0.353. The van der Waals surface area contributed by atoms with Crippen LogP contribution in [-0.4, -0.2) is 60.2 Å². The molecule has 0 bridgehead atoms. The number of nitrogens with one attached hydrogen (secondary N) is 1. The molecule has 0 unspecified atom stereocenters. The molecule has 3 N–H and O–H groups in total. The van der Waals surface area contributed by atoms with Crippen LogP contribution in [0.1, 0.15) is 12.8 Å². The van der Waals surface area contributed by atoms with Gasteiger partial charge < -0.3 is 20.5 Å². The lowest BCUT2D eigenvalue weighted by Gasteiger charge is -2.25. The summed E-state index contributed by atoms with van der Waals surface area (Å²) in [6.07, 6.45) is 5.61. The second-order valence-corrected chi connectivity index (χ2v) is 8.83. The number of amides is 1. The number of benzene rings is 2. The fraction of sp³-hybridized carbons (Fsp3) is 0.346. The number of fused-ring (bicyclic) bond motifs is 1. The van der Waals surface area contributed by atoms with Crippen LogP contribution in [0.15, 0.2) is 48.6 Å². The molecular formula is C26H28FN5O3. The van der Waals surface area contributed by atoms with E-state index >= 15 is 0 Å². The molecule has 1 aliphatic heterocycles. The summed E-state index contributed by atoms with van der Waals surface area (Å²) in [4.78, 5) is 23.6. The van der Waals surface area contributed by atoms with Crippen LogP contribution in [0.2, 0.25) is 0 Å². The van der Waals surface area contributed by atoms with E-state index in [1.54, 1.807) is 30.3 Å². The number of nitrogens with zero attached hydrogens (tertiary/aromatic N) is 3. The van der Waals surface area contributed by atoms with E-state index in [0.29, 0.717) is 65.9 Å². The number of halogens is 1. The van der Waals surface area contributed by atoms with Crippen molar-refractivity contribution < 1.29 is 18.7 Å². The van der Waals surface area contributed by atoms with Crippen molar-refractivity contribution in [2.45, 2.75) is 12.8 Å². The summed E-state index contributed by atoms with van der Waals surface area (Å²) in [6, 6.07) is 9.82. The monoisotopic (exact) mass is 477 g/mol. The van der Waals surface area contributed by atoms with E-state index in [9.17, 15) is 9.18 Å². The van der Waals surface area contributed by atoms with Crippen LogP contribution in [0.3, 0.4) is 0 Å². The number of carbonyl (C=O) groups is 1. The maximum absolute atomic E-state index is 14.6. The number of hydrogen-bond donors (Lipinski definition) is 2. The molecule has 9 heteroatoms. The molecule has 5 rings (SSSR count). The Labute approximate surface area is 202 Å². The molecule has 0 atom stereocenters. The largest absolute Gasteiger partial charge is 0.491 e. The molecule has 2 aromatic carbocycles. The van der Waals surface area contributed by atoms with Gasteiger partial charge in [-0.05, 0) is 37.0 Å². The second-order valence-electron chi connectivity index (χ2n) is 8.83. The van der Waals surface area contributed by atoms with E-state index in [1.165, 1.54) is 12.1 Å². The van der Waals surface area contributed by atoms with E-state index in [4.69, 9.17) is 15.2 Å². The van der Waals surface area contributed by atoms with Gasteiger partial charge in [0, 0.05) is 42.7 Å². The molecule has 182 valence electrons. The minimum absolute atomic E-state index is 0.0340. The Morgan fingerprint density at radius 1 is 1.23 bits per heavy atom. The standard InChI is InChI=1S/C26H28FN5O3/c27-20-5-2-1-4-18(20)25-19-14-22(29-24(33)6-3-9-32-10-12-34-13-11-32)23(35-16-17-7-8-17)15-21(19)30-26(28)31-25/h1-6,14-15,17H,7-13,16H2,(H,29,33)(H2,28,30,31). The number of nitrogens with two attached hydrogens (primary N) is 1. The third-order valence-electron chi connectivity index (χ3n) is 6.11. The SMILES string of the molecule is Nc1nc(-c2ccccc2F)c2cc(NC(=O)C=CCN3CCOCC3)c(OCC3CC3)cc2n1. The predicted molar refractivity (Wildman–Crippen MR) is 133 cm³/mol. The number of nitrogen functional groups attached to an aromatic ring is 1. The summed E-state index contributed by atoms with van der Waals surface area (Å²) in [7, 11) is 0. The highest BCUT2D eigenvalue weighted by atomic mass is 19.1. The molecule has 1 saturated carbocycles. The van der Waals surface area contributed by atoms with Crippen LogP contribution in [-0.2, 0) is 9.53 Å². The number of aromatic nitrogens is 2. The van der Waals surface area contributed by atoms with Crippen LogP contribution in [0.5, 0.6) is 5.75 Å². The third kappa shape index (κ3) is 5.75. The highest BCUT2D eigenvalue weighted by Gasteiger charge is 2.23. The molecule has 1 aromatic heterocycles. The average Bonchev–Trinajstić information content (AvgIpc) is 3.68. The molecule has 2 aliphatic rings. The Morgan fingerprint density at radius 2 is 2.03 bits per heavy atom. The van der Waals surface area contributed by atoms with Crippen molar-refractivity contribution >= 4 is 28.4 Å². The zero-order valence-electron chi connectivity index (χ0n) is 19.4. The van der Waals surface area contributed by atoms with Crippen molar-refractivity contribution in [2.75, 3.05) is 50.5 Å². The van der Waals surface area contributed by atoms with Gasteiger partial charge in [-0.3, -0.25) is 9.69 Å². The third-order valence-corrected chi connectivity index (χ3v) is 6.11. The fourth-order valence-corrected chi connectivity index (χ4v) is 4.01. The second kappa shape index (κ2) is 10.4. The molecule has 0 radical (unpaired) electrons. The van der Waals surface area contributed by atoms with Crippen molar-refractivity contribution in [2.24, 2.45) is 5.92 Å². The minimum atomic E-state index is -0.419. The first-order chi connectivity index (χ1) is 17.1. The van der Waals surface area contributed by atoms with E-state index in [2.05, 4.69) is 20.2 Å². The number of ether oxygens (including phenoxy) is 2. The number of carbonyl (C=O) groups excluding carboxylic acids is 1. The Kier molecular flexibility index (Phi) is 6.87. The lowest BCUT2D eigenvalue weighted by molar-refractivity contribution is -0.111. The zero-order valence-corrected chi connectivity index (χ0v) is 19.4. The summed E-state index contributed by atoms with van der Waals surface area (Å²) < 4.78 is 26.0. The molecule has 2 fully saturated rings. The normalized spacial score (nSPS) is 16.6. The molecule has 0 spiro atoms. The Balaban J connectivity index is 1.45. The first-order valence-corrected chi connectivity index (χ1v) is 11.8. The van der Waals surface area contributed by atoms with Crippen molar-refractivity contribution in [3.8, 4) is 17.0 Å². The van der Waals surface area contributed by atoms with Crippen LogP contribution in [0.4, 0.5) is 16.0 Å². The first-order valence-electron chi connectivity index (χ1n) is 11.8. The highest BCUT2D eigenvalue weighted by Crippen LogP contribution is 2.37. The van der Waals surface area contributed by atoms with Gasteiger partial charge >= 0.3 is 0 Å². The Hall–Kier alpha value is -3.56. The zero-order chi connectivity index (χ0) is 24.2. The van der Waals surface area contributed by atoms with Gasteiger partial charge in [-0.25, -0.2) is 14.4 Å². The van der Waals surface area contributed by atoms with Gasteiger partial charge in [0.05, 0.1) is 36.7 Å². The number of rotatable bonds is 8. The van der Waals surface area contributed by atoms with E-state index < -0.39 is 5.82 Å². The van der Waals surface area contributed by atoms with Crippen LogP contribution >= 0.6 is 0 Å². The van der Waals surface area contributed by atoms with Gasteiger partial charge in [0.1, 0.15) is 11.6 Å². The molecule has 35 heavy (non-hydrogen) atoms. The predicted octanol–water partition coefficient (Wildman–Crippen LogP) is 3.63. The summed E-state index contributed by atoms with van der Waals surface area (Å²) in [5, 5.41) is 3.48. The molecule has 2 heterocycles. The molecule has 1 saturated heterocycles. The number of anilines is 2. The quantitative estimate of drug-likeness (QED) is 0.478. The smallest absolute Gasteiger partial charge is 0.248 e. The topological polar surface area (TPSA) is 103 Å². The average molecular weight is 478 g/mol. The van der Waals surface area contributed by atoms with Gasteiger partial charge in [0.2, 0.25) is 11.9 Å². The summed E-state index contributed by atoms with van der Waals surface area (Å²) in [5.41, 5.74) is 7.61. The van der Waals surface area contributed by atoms with Gasteiger partial charge in [-0.2, -0.15) is 0 Å². The molecule has 1 aliphatic carbocycles. The van der Waals surface area contributed by atoms with Gasteiger partial charge in [0.15, 0.2) is 0 Å². The minimum Gasteiger partial charge on any atom is -0.491 e. The van der Waals surface area contributed by atoms with Gasteiger partial charge in [-0.1, -0.05) is 18.2 Å². The van der Waals surface area contributed by atoms with Crippen LogP contribution in [0.25, 0.3) is 22.2 Å². The maximum atomic E-state index is 14.6. The Bertz CT molecular complexity index is 1260. The van der Waals surface area contributed by atoms with Crippen molar-refractivity contribution in [3.05, 3.63) is 54.4 Å².